The van der Waals surface area contributed by atoms with Gasteiger partial charge in [0, 0.05) is 33.0 Å². The van der Waals surface area contributed by atoms with Gasteiger partial charge < -0.3 is 4.74 Å². The van der Waals surface area contributed by atoms with Crippen LogP contribution in [0.5, 0.6) is 11.5 Å². The topological polar surface area (TPSA) is 39.9 Å². The maximum Gasteiger partial charge on any atom is 0.235 e. The van der Waals surface area contributed by atoms with Gasteiger partial charge in [-0.25, -0.2) is 9.97 Å². The van der Waals surface area contributed by atoms with E-state index >= 15 is 0 Å². The molecule has 256 valence electrons. The molecule has 0 bridgehead atoms. The van der Waals surface area contributed by atoms with E-state index in [0.717, 1.165) is 66.9 Å². The normalized spacial score (nSPS) is 13.4. The molecular formula is C51H31N3O. The third-order valence-corrected chi connectivity index (χ3v) is 11.7. The van der Waals surface area contributed by atoms with Crippen LogP contribution in [0.3, 0.4) is 0 Å². The largest absolute Gasteiger partial charge is 0.454 e. The van der Waals surface area contributed by atoms with E-state index in [1.807, 2.05) is 12.1 Å². The number of aromatic nitrogens is 3. The minimum atomic E-state index is -0.600. The monoisotopic (exact) mass is 701 g/mol. The quantitative estimate of drug-likeness (QED) is 0.184. The van der Waals surface area contributed by atoms with Crippen LogP contribution in [-0.4, -0.2) is 14.5 Å². The zero-order chi connectivity index (χ0) is 36.1. The van der Waals surface area contributed by atoms with Crippen LogP contribution in [0.15, 0.2) is 188 Å². The predicted octanol–water partition coefficient (Wildman–Crippen LogP) is 12.5. The number of hydrogen-bond acceptors (Lipinski definition) is 3. The second kappa shape index (κ2) is 11.3. The van der Waals surface area contributed by atoms with Gasteiger partial charge in [-0.15, -0.1) is 0 Å². The van der Waals surface area contributed by atoms with E-state index < -0.39 is 5.41 Å². The van der Waals surface area contributed by atoms with Crippen molar-refractivity contribution < 1.29 is 4.74 Å². The van der Waals surface area contributed by atoms with Crippen LogP contribution in [0.4, 0.5) is 0 Å². The highest BCUT2D eigenvalue weighted by Gasteiger charge is 2.51. The molecule has 0 radical (unpaired) electrons. The first kappa shape index (κ1) is 30.2. The van der Waals surface area contributed by atoms with Gasteiger partial charge in [0.05, 0.1) is 22.3 Å². The van der Waals surface area contributed by atoms with Gasteiger partial charge in [0.25, 0.3) is 0 Å². The molecule has 55 heavy (non-hydrogen) atoms. The van der Waals surface area contributed by atoms with Crippen molar-refractivity contribution >= 4 is 32.6 Å². The summed E-state index contributed by atoms with van der Waals surface area (Å²) in [7, 11) is 0. The minimum absolute atomic E-state index is 0.590. The fraction of sp³-hybridized carbons (Fsp3) is 0.0196. The van der Waals surface area contributed by atoms with Crippen molar-refractivity contribution in [2.75, 3.05) is 0 Å². The second-order valence-corrected chi connectivity index (χ2v) is 14.5. The summed E-state index contributed by atoms with van der Waals surface area (Å²) < 4.78 is 9.52. The van der Waals surface area contributed by atoms with Gasteiger partial charge >= 0.3 is 0 Å². The molecule has 12 rings (SSSR count). The molecule has 10 aromatic rings. The molecule has 0 unspecified atom stereocenters. The molecule has 0 N–H and O–H groups in total. The molecule has 0 saturated heterocycles. The van der Waals surface area contributed by atoms with Crippen molar-refractivity contribution in [2.45, 2.75) is 5.41 Å². The van der Waals surface area contributed by atoms with Crippen LogP contribution in [-0.2, 0) is 5.41 Å². The average molecular weight is 702 g/mol. The summed E-state index contributed by atoms with van der Waals surface area (Å²) in [6, 6.07) is 66.9. The highest BCUT2D eigenvalue weighted by molar-refractivity contribution is 6.22. The van der Waals surface area contributed by atoms with Gasteiger partial charge in [0.2, 0.25) is 5.95 Å². The highest BCUT2D eigenvalue weighted by atomic mass is 16.5. The Morgan fingerprint density at radius 1 is 0.455 bits per heavy atom. The van der Waals surface area contributed by atoms with Gasteiger partial charge in [0.1, 0.15) is 11.3 Å². The molecule has 4 nitrogen and oxygen atoms in total. The number of rotatable bonds is 3. The number of para-hydroxylation sites is 1. The molecule has 2 aliphatic rings. The van der Waals surface area contributed by atoms with E-state index in [4.69, 9.17) is 14.7 Å². The Kier molecular flexibility index (Phi) is 6.23. The van der Waals surface area contributed by atoms with Gasteiger partial charge in [-0.3, -0.25) is 4.57 Å². The average Bonchev–Trinajstić information content (AvgIpc) is 3.76. The van der Waals surface area contributed by atoms with Gasteiger partial charge in [-0.1, -0.05) is 170 Å². The molecule has 4 heteroatoms. The Bertz CT molecular complexity index is 3080. The molecule has 2 aromatic heterocycles. The van der Waals surface area contributed by atoms with Crippen LogP contribution in [0.25, 0.3) is 72.2 Å². The molecule has 0 fully saturated rings. The Balaban J connectivity index is 1.27. The fourth-order valence-corrected chi connectivity index (χ4v) is 9.44. The lowest BCUT2D eigenvalue weighted by molar-refractivity contribution is 0.440. The first-order valence-electron chi connectivity index (χ1n) is 18.8. The van der Waals surface area contributed by atoms with Crippen LogP contribution in [0, 0.1) is 0 Å². The van der Waals surface area contributed by atoms with Gasteiger partial charge in [-0.05, 0) is 51.2 Å². The molecule has 3 heterocycles. The Hall–Kier alpha value is -7.30. The minimum Gasteiger partial charge on any atom is -0.454 e. The number of benzene rings is 8. The van der Waals surface area contributed by atoms with Crippen molar-refractivity contribution in [3.63, 3.8) is 0 Å². The SMILES string of the molecule is c1ccc(-c2cc(-c3ccccc3)nc(-n3c4ccc5ccccc5c4c4ccc5c(c43)Oc3ccccc3C53c4ccccc4-c4ccccc43)n2)cc1. The number of fused-ring (bicyclic) bond motifs is 15. The lowest BCUT2D eigenvalue weighted by Crippen LogP contribution is -2.32. The van der Waals surface area contributed by atoms with Crippen molar-refractivity contribution in [1.29, 1.82) is 0 Å². The molecule has 1 aliphatic heterocycles. The maximum atomic E-state index is 7.26. The molecule has 0 amide bonds. The van der Waals surface area contributed by atoms with Gasteiger partial charge in [0.15, 0.2) is 5.75 Å². The summed E-state index contributed by atoms with van der Waals surface area (Å²) in [5.41, 5.74) is 12.4. The molecule has 0 atom stereocenters. The van der Waals surface area contributed by atoms with Crippen molar-refractivity contribution in [3.05, 3.63) is 210 Å². The van der Waals surface area contributed by atoms with Crippen LogP contribution in [0.2, 0.25) is 0 Å². The van der Waals surface area contributed by atoms with Crippen LogP contribution in [0.1, 0.15) is 22.3 Å². The van der Waals surface area contributed by atoms with Crippen molar-refractivity contribution in [2.24, 2.45) is 0 Å². The van der Waals surface area contributed by atoms with E-state index in [0.29, 0.717) is 5.95 Å². The number of nitrogens with zero attached hydrogens (tertiary/aromatic N) is 3. The highest BCUT2D eigenvalue weighted by Crippen LogP contribution is 2.63. The lowest BCUT2D eigenvalue weighted by atomic mass is 9.66. The number of hydrogen-bond donors (Lipinski definition) is 0. The van der Waals surface area contributed by atoms with E-state index in [1.54, 1.807) is 0 Å². The zero-order valence-corrected chi connectivity index (χ0v) is 29.6. The standard InChI is InChI=1S/C51H31N3O/c1-3-16-33(17-4-1)43-31-44(34-18-5-2-6-19-34)53-50(52-43)54-45-30-27-32-15-7-8-20-35(32)47(45)38-28-29-42-49(48(38)54)55-46-26-14-13-25-41(46)51(42)39-23-11-9-21-36(39)37-22-10-12-24-40(37)51/h1-31H. The summed E-state index contributed by atoms with van der Waals surface area (Å²) >= 11 is 0. The number of ether oxygens (including phenoxy) is 1. The first-order valence-corrected chi connectivity index (χ1v) is 18.8. The molecule has 1 spiro atoms. The fourth-order valence-electron chi connectivity index (χ4n) is 9.44. The molecule has 1 aliphatic carbocycles. The summed E-state index contributed by atoms with van der Waals surface area (Å²) in [4.78, 5) is 10.8. The van der Waals surface area contributed by atoms with E-state index in [-0.39, 0.29) is 0 Å². The van der Waals surface area contributed by atoms with E-state index in [1.165, 1.54) is 33.0 Å². The second-order valence-electron chi connectivity index (χ2n) is 14.5. The Morgan fingerprint density at radius 2 is 1.04 bits per heavy atom. The van der Waals surface area contributed by atoms with E-state index in [2.05, 4.69) is 180 Å². The van der Waals surface area contributed by atoms with Crippen LogP contribution >= 0.6 is 0 Å². The van der Waals surface area contributed by atoms with Crippen molar-refractivity contribution in [1.82, 2.24) is 14.5 Å². The van der Waals surface area contributed by atoms with Crippen molar-refractivity contribution in [3.8, 4) is 51.1 Å². The Morgan fingerprint density at radius 3 is 1.73 bits per heavy atom. The smallest absolute Gasteiger partial charge is 0.235 e. The Labute approximate surface area is 317 Å². The summed E-state index contributed by atoms with van der Waals surface area (Å²) in [5.74, 6) is 2.25. The van der Waals surface area contributed by atoms with Crippen LogP contribution < -0.4 is 4.74 Å². The summed E-state index contributed by atoms with van der Waals surface area (Å²) in [6.07, 6.45) is 0. The molecule has 8 aromatic carbocycles. The third-order valence-electron chi connectivity index (χ3n) is 11.7. The predicted molar refractivity (Wildman–Crippen MR) is 222 cm³/mol. The van der Waals surface area contributed by atoms with E-state index in [9.17, 15) is 0 Å². The van der Waals surface area contributed by atoms with Gasteiger partial charge in [-0.2, -0.15) is 0 Å². The first-order chi connectivity index (χ1) is 27.3. The maximum absolute atomic E-state index is 7.26. The molecule has 0 saturated carbocycles. The summed E-state index contributed by atoms with van der Waals surface area (Å²) in [5, 5.41) is 4.59. The zero-order valence-electron chi connectivity index (χ0n) is 29.6. The third kappa shape index (κ3) is 4.11. The lowest BCUT2D eigenvalue weighted by Gasteiger charge is -2.39. The molecular weight excluding hydrogens is 671 g/mol. The summed E-state index contributed by atoms with van der Waals surface area (Å²) in [6.45, 7) is 0.